The van der Waals surface area contributed by atoms with Gasteiger partial charge in [-0.05, 0) is 31.2 Å². The Morgan fingerprint density at radius 1 is 1.09 bits per heavy atom. The van der Waals surface area contributed by atoms with Gasteiger partial charge in [-0.2, -0.15) is 10.5 Å². The molecule has 0 N–H and O–H groups in total. The fourth-order valence-corrected chi connectivity index (χ4v) is 2.64. The summed E-state index contributed by atoms with van der Waals surface area (Å²) in [4.78, 5) is 12.0. The van der Waals surface area contributed by atoms with Crippen molar-refractivity contribution in [1.82, 2.24) is 4.40 Å². The lowest BCUT2D eigenvalue weighted by Gasteiger charge is -2.13. The number of para-hydroxylation sites is 1. The van der Waals surface area contributed by atoms with Gasteiger partial charge in [0.1, 0.15) is 6.42 Å². The Morgan fingerprint density at radius 2 is 1.68 bits per heavy atom. The molecule has 2 aromatic heterocycles. The summed E-state index contributed by atoms with van der Waals surface area (Å²) in [6.45, 7) is 8.06. The molecule has 0 fully saturated rings. The molecule has 0 spiro atoms. The quantitative estimate of drug-likeness (QED) is 0.639. The lowest BCUT2D eigenvalue weighted by atomic mass is 10.1. The summed E-state index contributed by atoms with van der Waals surface area (Å²) in [6.07, 6.45) is 0. The van der Waals surface area contributed by atoms with E-state index in [1.807, 2.05) is 32.0 Å². The number of aromatic nitrogens is 1. The predicted molar refractivity (Wildman–Crippen MR) is 87.2 cm³/mol. The Hall–Kier alpha value is -3.11. The van der Waals surface area contributed by atoms with Gasteiger partial charge in [-0.15, -0.1) is 0 Å². The molecule has 0 unspecified atom stereocenters. The Bertz CT molecular complexity index is 955. The number of aryl methyl sites for hydroxylation is 2. The average molecular weight is 289 g/mol. The zero-order valence-electron chi connectivity index (χ0n) is 12.6. The van der Waals surface area contributed by atoms with Gasteiger partial charge >= 0.3 is 0 Å². The largest absolute Gasteiger partial charge is 0.317 e. The van der Waals surface area contributed by atoms with Crippen molar-refractivity contribution in [3.8, 4) is 12.1 Å². The van der Waals surface area contributed by atoms with E-state index >= 15 is 0 Å². The van der Waals surface area contributed by atoms with Gasteiger partial charge in [0.15, 0.2) is 5.43 Å². The van der Waals surface area contributed by atoms with E-state index in [1.165, 1.54) is 0 Å². The molecule has 0 aliphatic carbocycles. The molecule has 0 aliphatic rings. The lowest BCUT2D eigenvalue weighted by Crippen LogP contribution is -2.14. The maximum absolute atomic E-state index is 12.0. The summed E-state index contributed by atoms with van der Waals surface area (Å²) in [5, 5.41) is 18.0. The first-order chi connectivity index (χ1) is 10.5. The van der Waals surface area contributed by atoms with Gasteiger partial charge in [0, 0.05) is 28.2 Å². The number of benzene rings is 1. The minimum atomic E-state index is 0. The molecule has 0 amide bonds. The van der Waals surface area contributed by atoms with Crippen molar-refractivity contribution < 1.29 is 0 Å². The number of nitriles is 2. The van der Waals surface area contributed by atoms with Gasteiger partial charge in [-0.1, -0.05) is 18.7 Å². The van der Waals surface area contributed by atoms with Crippen LogP contribution in [0.25, 0.3) is 22.9 Å². The summed E-state index contributed by atoms with van der Waals surface area (Å²) in [5.41, 5.74) is 3.15. The van der Waals surface area contributed by atoms with Gasteiger partial charge < -0.3 is 4.40 Å². The van der Waals surface area contributed by atoms with Gasteiger partial charge in [-0.25, -0.2) is 0 Å². The molecule has 3 aromatic rings. The van der Waals surface area contributed by atoms with E-state index in [0.717, 1.165) is 32.9 Å². The van der Waals surface area contributed by atoms with Gasteiger partial charge in [0.05, 0.1) is 17.7 Å². The molecule has 0 saturated carbocycles. The fourth-order valence-electron chi connectivity index (χ4n) is 2.64. The zero-order valence-corrected chi connectivity index (χ0v) is 12.6. The molecule has 0 aliphatic heterocycles. The predicted octanol–water partition coefficient (Wildman–Crippen LogP) is 2.62. The Morgan fingerprint density at radius 3 is 2.27 bits per heavy atom. The molecule has 4 nitrogen and oxygen atoms in total. The first-order valence-corrected chi connectivity index (χ1v) is 6.78. The van der Waals surface area contributed by atoms with E-state index in [1.54, 1.807) is 18.2 Å². The first kappa shape index (κ1) is 15.3. The number of rotatable bonds is 0. The van der Waals surface area contributed by atoms with Crippen LogP contribution in [-0.4, -0.2) is 4.40 Å². The molecule has 4 heteroatoms. The van der Waals surface area contributed by atoms with E-state index < -0.39 is 0 Å². The topological polar surface area (TPSA) is 69.1 Å². The molecule has 22 heavy (non-hydrogen) atoms. The summed E-state index contributed by atoms with van der Waals surface area (Å²) in [5.74, 6) is 0. The second-order valence-electron chi connectivity index (χ2n) is 4.99. The normalized spacial score (nSPS) is 9.82. The number of nitrogens with zero attached hydrogens (tertiary/aromatic N) is 3. The molecular weight excluding hydrogens is 274 g/mol. The third kappa shape index (κ3) is 2.55. The highest BCUT2D eigenvalue weighted by Crippen LogP contribution is 2.18. The lowest BCUT2D eigenvalue weighted by molar-refractivity contribution is 1.02. The average Bonchev–Trinajstić information content (AvgIpc) is 2.47. The number of pyridine rings is 2. The Kier molecular flexibility index (Phi) is 4.25. The summed E-state index contributed by atoms with van der Waals surface area (Å²) < 4.78 is 2.13. The second kappa shape index (κ2) is 6.11. The first-order valence-electron chi connectivity index (χ1n) is 6.78. The smallest absolute Gasteiger partial charge is 0.189 e. The van der Waals surface area contributed by atoms with Crippen LogP contribution in [0.1, 0.15) is 17.8 Å². The van der Waals surface area contributed by atoms with Crippen molar-refractivity contribution in [3.05, 3.63) is 57.2 Å². The van der Waals surface area contributed by atoms with Crippen molar-refractivity contribution in [3.63, 3.8) is 0 Å². The molecule has 0 atom stereocenters. The fraction of sp³-hybridized carbons (Fsp3) is 0.167. The third-order valence-corrected chi connectivity index (χ3v) is 3.46. The van der Waals surface area contributed by atoms with E-state index in [0.29, 0.717) is 0 Å². The van der Waals surface area contributed by atoms with Crippen LogP contribution in [0, 0.1) is 36.5 Å². The molecular formula is C18H15N3O. The van der Waals surface area contributed by atoms with Gasteiger partial charge in [0.2, 0.25) is 0 Å². The molecule has 1 aromatic carbocycles. The minimum absolute atomic E-state index is 0. The highest BCUT2D eigenvalue weighted by atomic mass is 16.1. The summed E-state index contributed by atoms with van der Waals surface area (Å²) in [6, 6.07) is 12.9. The van der Waals surface area contributed by atoms with Crippen molar-refractivity contribution in [1.29, 1.82) is 10.5 Å². The van der Waals surface area contributed by atoms with E-state index in [9.17, 15) is 4.79 Å². The standard InChI is InChI=1S/C15H13NO.C3H2N2/c1-9-7-10(2)16-11(3)8-14(17)13-6-4-5-12(9)15(13)16;4-2-1-3-5/h4-8H,1H2,2-3H3;1H2. The van der Waals surface area contributed by atoms with Gasteiger partial charge in [-0.3, -0.25) is 4.79 Å². The molecule has 2 heterocycles. The molecule has 108 valence electrons. The van der Waals surface area contributed by atoms with Crippen molar-refractivity contribution >= 4 is 22.9 Å². The maximum atomic E-state index is 12.0. The molecule has 0 radical (unpaired) electrons. The van der Waals surface area contributed by atoms with Crippen LogP contribution in [0.2, 0.25) is 0 Å². The van der Waals surface area contributed by atoms with Crippen molar-refractivity contribution in [2.75, 3.05) is 0 Å². The second-order valence-corrected chi connectivity index (χ2v) is 4.99. The van der Waals surface area contributed by atoms with Crippen LogP contribution < -0.4 is 10.6 Å². The molecule has 0 bridgehead atoms. The van der Waals surface area contributed by atoms with Crippen LogP contribution in [0.5, 0.6) is 0 Å². The van der Waals surface area contributed by atoms with Crippen molar-refractivity contribution in [2.45, 2.75) is 20.3 Å². The van der Waals surface area contributed by atoms with E-state index in [2.05, 4.69) is 17.0 Å². The SMILES string of the molecule is C=c1cc(C)n2c(C)cc(=O)c3cccc1c32.N#CCC#N. The van der Waals surface area contributed by atoms with Crippen molar-refractivity contribution in [2.24, 2.45) is 0 Å². The Balaban J connectivity index is 0.000000309. The zero-order chi connectivity index (χ0) is 16.3. The highest BCUT2D eigenvalue weighted by Gasteiger charge is 2.08. The molecule has 3 rings (SSSR count). The molecule has 0 saturated heterocycles. The maximum Gasteiger partial charge on any atom is 0.189 e. The minimum Gasteiger partial charge on any atom is -0.317 e. The van der Waals surface area contributed by atoms with Crippen LogP contribution in [0.4, 0.5) is 0 Å². The van der Waals surface area contributed by atoms with Crippen LogP contribution in [-0.2, 0) is 0 Å². The van der Waals surface area contributed by atoms with Crippen LogP contribution >= 0.6 is 0 Å². The van der Waals surface area contributed by atoms with E-state index in [4.69, 9.17) is 10.5 Å². The number of hydrogen-bond acceptors (Lipinski definition) is 3. The van der Waals surface area contributed by atoms with Crippen LogP contribution in [0.3, 0.4) is 0 Å². The number of hydrogen-bond donors (Lipinski definition) is 0. The third-order valence-electron chi connectivity index (χ3n) is 3.46. The van der Waals surface area contributed by atoms with E-state index in [-0.39, 0.29) is 11.8 Å². The highest BCUT2D eigenvalue weighted by molar-refractivity contribution is 5.95. The Labute approximate surface area is 128 Å². The summed E-state index contributed by atoms with van der Waals surface area (Å²) >= 11 is 0. The monoisotopic (exact) mass is 289 g/mol. The summed E-state index contributed by atoms with van der Waals surface area (Å²) in [7, 11) is 0. The van der Waals surface area contributed by atoms with Gasteiger partial charge in [0.25, 0.3) is 0 Å². The van der Waals surface area contributed by atoms with Crippen LogP contribution in [0.15, 0.2) is 35.1 Å².